The lowest BCUT2D eigenvalue weighted by Gasteiger charge is -2.31. The van der Waals surface area contributed by atoms with Crippen molar-refractivity contribution in [2.24, 2.45) is 11.7 Å². The van der Waals surface area contributed by atoms with Crippen LogP contribution in [0, 0.1) is 5.92 Å². The molecule has 5 rings (SSSR count). The molecule has 10 heteroatoms. The fourth-order valence-corrected chi connectivity index (χ4v) is 5.85. The number of benzene rings is 2. The summed E-state index contributed by atoms with van der Waals surface area (Å²) in [6.07, 6.45) is 2.58. The monoisotopic (exact) mass is 586 g/mol. The lowest BCUT2D eigenvalue weighted by atomic mass is 9.96. The Kier molecular flexibility index (Phi) is 10.6. The van der Waals surface area contributed by atoms with Gasteiger partial charge in [0, 0.05) is 49.9 Å². The minimum atomic E-state index is -0.429. The first kappa shape index (κ1) is 30.5. The molecule has 2 amide bonds. The fraction of sp³-hybridized carbons (Fsp3) is 0.424. The van der Waals surface area contributed by atoms with Crippen LogP contribution in [0.25, 0.3) is 11.1 Å². The summed E-state index contributed by atoms with van der Waals surface area (Å²) >= 11 is 0. The van der Waals surface area contributed by atoms with Crippen LogP contribution in [0.2, 0.25) is 0 Å². The second-order valence-corrected chi connectivity index (χ2v) is 11.4. The van der Waals surface area contributed by atoms with Crippen LogP contribution in [0.3, 0.4) is 0 Å². The Morgan fingerprint density at radius 2 is 1.56 bits per heavy atom. The first-order valence-corrected chi connectivity index (χ1v) is 15.2. The van der Waals surface area contributed by atoms with Gasteiger partial charge in [0.15, 0.2) is 5.78 Å². The molecule has 2 aliphatic heterocycles. The molecule has 2 fully saturated rings. The molecule has 1 aromatic heterocycles. The third-order valence-electron chi connectivity index (χ3n) is 8.38. The normalized spacial score (nSPS) is 17.0. The average Bonchev–Trinajstić information content (AvgIpc) is 3.49. The molecular weight excluding hydrogens is 544 g/mol. The molecule has 43 heavy (non-hydrogen) atoms. The van der Waals surface area contributed by atoms with Crippen molar-refractivity contribution in [1.29, 1.82) is 0 Å². The number of primary amides is 1. The third-order valence-corrected chi connectivity index (χ3v) is 8.38. The van der Waals surface area contributed by atoms with Crippen LogP contribution in [0.4, 0.5) is 10.5 Å². The summed E-state index contributed by atoms with van der Waals surface area (Å²) in [7, 11) is 0. The molecule has 228 valence electrons. The van der Waals surface area contributed by atoms with Crippen molar-refractivity contribution in [2.45, 2.75) is 38.3 Å². The molecule has 0 saturated carbocycles. The Balaban J connectivity index is 0.964. The summed E-state index contributed by atoms with van der Waals surface area (Å²) < 4.78 is 5.74. The van der Waals surface area contributed by atoms with Crippen molar-refractivity contribution in [1.82, 2.24) is 20.1 Å². The second-order valence-electron chi connectivity index (χ2n) is 11.4. The number of carbonyl (C=O) groups is 3. The number of H-pyrrole nitrogens is 1. The minimum absolute atomic E-state index is 0.0246. The number of amides is 2. The van der Waals surface area contributed by atoms with E-state index in [1.54, 1.807) is 0 Å². The van der Waals surface area contributed by atoms with E-state index in [4.69, 9.17) is 10.5 Å². The second kappa shape index (κ2) is 15.0. The van der Waals surface area contributed by atoms with E-state index in [0.717, 1.165) is 87.5 Å². The zero-order chi connectivity index (χ0) is 30.0. The van der Waals surface area contributed by atoms with Crippen LogP contribution in [0.15, 0.2) is 66.7 Å². The Morgan fingerprint density at radius 1 is 0.860 bits per heavy atom. The number of ether oxygens (including phenoxy) is 1. The molecule has 3 aromatic rings. The molecule has 0 radical (unpaired) electrons. The van der Waals surface area contributed by atoms with Gasteiger partial charge in [0.25, 0.3) is 0 Å². The third kappa shape index (κ3) is 8.76. The predicted octanol–water partition coefficient (Wildman–Crippen LogP) is 3.86. The maximum absolute atomic E-state index is 12.7. The number of Topliss-reactive ketones (excluding diaryl/α,β-unsaturated/α-hetero) is 1. The average molecular weight is 587 g/mol. The van der Waals surface area contributed by atoms with Crippen LogP contribution in [-0.4, -0.2) is 84.5 Å². The van der Waals surface area contributed by atoms with Gasteiger partial charge in [-0.2, -0.15) is 0 Å². The number of likely N-dealkylation sites (tertiary alicyclic amines) is 2. The highest BCUT2D eigenvalue weighted by atomic mass is 16.6. The number of anilines is 1. The van der Waals surface area contributed by atoms with Crippen molar-refractivity contribution in [2.75, 3.05) is 51.1 Å². The van der Waals surface area contributed by atoms with E-state index in [-0.39, 0.29) is 30.3 Å². The summed E-state index contributed by atoms with van der Waals surface area (Å²) in [5.41, 5.74) is 9.76. The van der Waals surface area contributed by atoms with Crippen molar-refractivity contribution in [3.05, 3.63) is 78.1 Å². The molecule has 0 unspecified atom stereocenters. The van der Waals surface area contributed by atoms with Crippen LogP contribution in [0.5, 0.6) is 0 Å². The summed E-state index contributed by atoms with van der Waals surface area (Å²) in [6, 6.07) is 21.5. The van der Waals surface area contributed by atoms with E-state index in [0.29, 0.717) is 12.2 Å². The Bertz CT molecular complexity index is 1360. The number of piperidine rings is 2. The highest BCUT2D eigenvalue weighted by molar-refractivity contribution is 5.96. The molecule has 0 aliphatic carbocycles. The van der Waals surface area contributed by atoms with Gasteiger partial charge in [-0.15, -0.1) is 0 Å². The zero-order valence-corrected chi connectivity index (χ0v) is 24.6. The predicted molar refractivity (Wildman–Crippen MR) is 167 cm³/mol. The van der Waals surface area contributed by atoms with Gasteiger partial charge in [0.2, 0.25) is 5.91 Å². The quantitative estimate of drug-likeness (QED) is 0.187. The molecule has 3 heterocycles. The summed E-state index contributed by atoms with van der Waals surface area (Å²) in [5.74, 6) is -0.200. The Morgan fingerprint density at radius 3 is 2.30 bits per heavy atom. The van der Waals surface area contributed by atoms with Crippen LogP contribution < -0.4 is 16.4 Å². The maximum atomic E-state index is 12.7. The van der Waals surface area contributed by atoms with Crippen LogP contribution in [0.1, 0.15) is 41.9 Å². The van der Waals surface area contributed by atoms with Crippen molar-refractivity contribution in [3.8, 4) is 11.1 Å². The number of aromatic amines is 1. The van der Waals surface area contributed by atoms with E-state index < -0.39 is 6.09 Å². The number of nitrogens with zero attached hydrogens (tertiary/aromatic N) is 2. The van der Waals surface area contributed by atoms with Gasteiger partial charge in [0.05, 0.1) is 17.9 Å². The minimum Gasteiger partial charge on any atom is -0.446 e. The molecule has 2 aromatic carbocycles. The van der Waals surface area contributed by atoms with E-state index in [9.17, 15) is 14.4 Å². The number of hydrogen-bond acceptors (Lipinski definition) is 7. The lowest BCUT2D eigenvalue weighted by molar-refractivity contribution is -0.123. The van der Waals surface area contributed by atoms with E-state index >= 15 is 0 Å². The summed E-state index contributed by atoms with van der Waals surface area (Å²) in [4.78, 5) is 44.6. The standard InChI is InChI=1S/C33H42N6O4/c34-32(41)25-12-17-39(18-13-25)23-26-10-11-30(36-26)31(40)22-35-16-21-38-19-14-27(15-20-38)43-33(42)37-29-9-5-4-8-28(29)24-6-2-1-3-7-24/h1-11,25,27,35-36H,12-23H2,(H2,34,41)(H,37,42). The van der Waals surface area contributed by atoms with Crippen LogP contribution in [-0.2, 0) is 16.1 Å². The SMILES string of the molecule is NC(=O)C1CCN(Cc2ccc(C(=O)CNCCN3CCC(OC(=O)Nc4ccccc4-c4ccccc4)CC3)[nH]2)CC1. The van der Waals surface area contributed by atoms with Crippen molar-refractivity contribution >= 4 is 23.5 Å². The number of nitrogens with one attached hydrogen (secondary N) is 3. The highest BCUT2D eigenvalue weighted by Gasteiger charge is 2.24. The van der Waals surface area contributed by atoms with E-state index in [1.807, 2.05) is 66.7 Å². The van der Waals surface area contributed by atoms with Gasteiger partial charge in [-0.05, 0) is 62.5 Å². The molecular formula is C33H42N6O4. The van der Waals surface area contributed by atoms with Gasteiger partial charge in [-0.1, -0.05) is 48.5 Å². The maximum Gasteiger partial charge on any atom is 0.411 e. The number of nitrogens with two attached hydrogens (primary N) is 1. The van der Waals surface area contributed by atoms with Gasteiger partial charge in [0.1, 0.15) is 6.10 Å². The lowest BCUT2D eigenvalue weighted by Crippen LogP contribution is -2.42. The largest absolute Gasteiger partial charge is 0.446 e. The molecule has 0 atom stereocenters. The molecule has 0 spiro atoms. The highest BCUT2D eigenvalue weighted by Crippen LogP contribution is 2.28. The number of carbonyl (C=O) groups excluding carboxylic acids is 3. The van der Waals surface area contributed by atoms with Crippen LogP contribution >= 0.6 is 0 Å². The number of para-hydroxylation sites is 1. The topological polar surface area (TPSA) is 133 Å². The molecule has 2 aliphatic rings. The van der Waals surface area contributed by atoms with E-state index in [2.05, 4.69) is 25.4 Å². The zero-order valence-electron chi connectivity index (χ0n) is 24.6. The van der Waals surface area contributed by atoms with Crippen molar-refractivity contribution < 1.29 is 19.1 Å². The van der Waals surface area contributed by atoms with E-state index in [1.165, 1.54) is 0 Å². The summed E-state index contributed by atoms with van der Waals surface area (Å²) in [5, 5.41) is 6.19. The molecule has 0 bridgehead atoms. The Labute approximate surface area is 253 Å². The summed E-state index contributed by atoms with van der Waals surface area (Å²) in [6.45, 7) is 5.87. The van der Waals surface area contributed by atoms with Crippen molar-refractivity contribution in [3.63, 3.8) is 0 Å². The molecule has 2 saturated heterocycles. The number of rotatable bonds is 12. The van der Waals surface area contributed by atoms with Gasteiger partial charge >= 0.3 is 6.09 Å². The Hall–Kier alpha value is -3.99. The first-order valence-electron chi connectivity index (χ1n) is 15.2. The smallest absolute Gasteiger partial charge is 0.411 e. The molecule has 5 N–H and O–H groups in total. The van der Waals surface area contributed by atoms with Gasteiger partial charge < -0.3 is 25.7 Å². The number of aromatic nitrogens is 1. The fourth-order valence-electron chi connectivity index (χ4n) is 5.85. The number of hydrogen-bond donors (Lipinski definition) is 4. The van der Waals surface area contributed by atoms with Gasteiger partial charge in [-0.3, -0.25) is 19.8 Å². The number of ketones is 1. The molecule has 10 nitrogen and oxygen atoms in total. The van der Waals surface area contributed by atoms with Gasteiger partial charge in [-0.25, -0.2) is 4.79 Å². The first-order chi connectivity index (χ1) is 20.9.